The summed E-state index contributed by atoms with van der Waals surface area (Å²) in [7, 11) is 0. The highest BCUT2D eigenvalue weighted by atomic mass is 16.3. The fourth-order valence-electron chi connectivity index (χ4n) is 2.78. The van der Waals surface area contributed by atoms with E-state index < -0.39 is 6.10 Å². The highest BCUT2D eigenvalue weighted by Gasteiger charge is 2.44. The smallest absolute Gasteiger partial charge is 0.0914 e. The fourth-order valence-corrected chi connectivity index (χ4v) is 2.78. The van der Waals surface area contributed by atoms with Crippen LogP contribution in [0.1, 0.15) is 51.3 Å². The summed E-state index contributed by atoms with van der Waals surface area (Å²) >= 11 is 0. The zero-order valence-corrected chi connectivity index (χ0v) is 13.3. The first kappa shape index (κ1) is 15.5. The molecule has 2 N–H and O–H groups in total. The molecule has 1 aliphatic rings. The van der Waals surface area contributed by atoms with E-state index in [-0.39, 0.29) is 0 Å². The van der Waals surface area contributed by atoms with Gasteiger partial charge in [0.15, 0.2) is 0 Å². The molecule has 1 aliphatic carbocycles. The van der Waals surface area contributed by atoms with E-state index in [2.05, 4.69) is 57.3 Å². The van der Waals surface area contributed by atoms with E-state index in [4.69, 9.17) is 0 Å². The van der Waals surface area contributed by atoms with Gasteiger partial charge in [0, 0.05) is 6.54 Å². The lowest BCUT2D eigenvalue weighted by Crippen LogP contribution is -2.24. The first-order valence-corrected chi connectivity index (χ1v) is 7.86. The number of aliphatic hydroxyl groups excluding tert-OH is 1. The number of rotatable bonds is 7. The lowest BCUT2D eigenvalue weighted by molar-refractivity contribution is 0.174. The second-order valence-electron chi connectivity index (χ2n) is 7.40. The fraction of sp³-hybridized carbons (Fsp3) is 0.667. The van der Waals surface area contributed by atoms with E-state index >= 15 is 0 Å². The summed E-state index contributed by atoms with van der Waals surface area (Å²) in [5.41, 5.74) is 2.87. The normalized spacial score (nSPS) is 22.0. The largest absolute Gasteiger partial charge is 0.387 e. The first-order chi connectivity index (χ1) is 9.38. The summed E-state index contributed by atoms with van der Waals surface area (Å²) in [6.07, 6.45) is 2.01. The van der Waals surface area contributed by atoms with Crippen LogP contribution in [0.15, 0.2) is 24.3 Å². The van der Waals surface area contributed by atoms with Crippen LogP contribution < -0.4 is 5.32 Å². The van der Waals surface area contributed by atoms with Gasteiger partial charge >= 0.3 is 0 Å². The van der Waals surface area contributed by atoms with Crippen molar-refractivity contribution >= 4 is 0 Å². The summed E-state index contributed by atoms with van der Waals surface area (Å²) in [5.74, 6) is 1.46. The van der Waals surface area contributed by atoms with Crippen molar-refractivity contribution in [3.63, 3.8) is 0 Å². The molecule has 1 aromatic rings. The van der Waals surface area contributed by atoms with Gasteiger partial charge in [-0.05, 0) is 47.8 Å². The zero-order chi connectivity index (χ0) is 14.8. The average molecular weight is 275 g/mol. The topological polar surface area (TPSA) is 32.3 Å². The van der Waals surface area contributed by atoms with Crippen LogP contribution in [0.2, 0.25) is 0 Å². The SMILES string of the molecule is CC(C)Cc1ccc(C(O)CNCC2CC2(C)C)cc1. The van der Waals surface area contributed by atoms with E-state index in [1.54, 1.807) is 0 Å². The second kappa shape index (κ2) is 6.28. The van der Waals surface area contributed by atoms with Gasteiger partial charge in [0.25, 0.3) is 0 Å². The van der Waals surface area contributed by atoms with Crippen molar-refractivity contribution < 1.29 is 5.11 Å². The number of aliphatic hydroxyl groups is 1. The third-order valence-electron chi connectivity index (χ3n) is 4.45. The Morgan fingerprint density at radius 1 is 1.25 bits per heavy atom. The van der Waals surface area contributed by atoms with Gasteiger partial charge in [-0.2, -0.15) is 0 Å². The number of hydrogen-bond acceptors (Lipinski definition) is 2. The standard InChI is InChI=1S/C18H29NO/c1-13(2)9-14-5-7-15(8-6-14)17(20)12-19-11-16-10-18(16,3)4/h5-8,13,16-17,19-20H,9-12H2,1-4H3. The van der Waals surface area contributed by atoms with Crippen molar-refractivity contribution in [1.82, 2.24) is 5.32 Å². The molecule has 0 spiro atoms. The van der Waals surface area contributed by atoms with Gasteiger partial charge in [-0.25, -0.2) is 0 Å². The Morgan fingerprint density at radius 3 is 2.35 bits per heavy atom. The van der Waals surface area contributed by atoms with E-state index in [0.717, 1.165) is 24.4 Å². The minimum absolute atomic E-state index is 0.398. The predicted molar refractivity (Wildman–Crippen MR) is 84.7 cm³/mol. The minimum atomic E-state index is -0.398. The molecule has 2 atom stereocenters. The quantitative estimate of drug-likeness (QED) is 0.797. The molecule has 0 saturated heterocycles. The second-order valence-corrected chi connectivity index (χ2v) is 7.40. The molecular formula is C18H29NO. The van der Waals surface area contributed by atoms with Crippen molar-refractivity contribution in [1.29, 1.82) is 0 Å². The zero-order valence-electron chi connectivity index (χ0n) is 13.3. The Bertz CT molecular complexity index is 422. The van der Waals surface area contributed by atoms with Gasteiger partial charge in [0.2, 0.25) is 0 Å². The van der Waals surface area contributed by atoms with E-state index in [0.29, 0.717) is 17.9 Å². The van der Waals surface area contributed by atoms with Crippen molar-refractivity contribution in [3.8, 4) is 0 Å². The van der Waals surface area contributed by atoms with Crippen molar-refractivity contribution in [2.75, 3.05) is 13.1 Å². The third kappa shape index (κ3) is 4.32. The molecule has 0 aliphatic heterocycles. The van der Waals surface area contributed by atoms with Crippen LogP contribution in [-0.4, -0.2) is 18.2 Å². The van der Waals surface area contributed by atoms with Gasteiger partial charge in [-0.3, -0.25) is 0 Å². The molecule has 20 heavy (non-hydrogen) atoms. The van der Waals surface area contributed by atoms with Crippen molar-refractivity contribution in [3.05, 3.63) is 35.4 Å². The van der Waals surface area contributed by atoms with Crippen LogP contribution in [-0.2, 0) is 6.42 Å². The van der Waals surface area contributed by atoms with Crippen LogP contribution in [0, 0.1) is 17.3 Å². The molecule has 2 nitrogen and oxygen atoms in total. The van der Waals surface area contributed by atoms with Crippen LogP contribution in [0.4, 0.5) is 0 Å². The molecule has 2 unspecified atom stereocenters. The average Bonchev–Trinajstić information content (AvgIpc) is 2.97. The van der Waals surface area contributed by atoms with Gasteiger partial charge in [0.05, 0.1) is 6.10 Å². The molecule has 2 heteroatoms. The maximum absolute atomic E-state index is 10.2. The number of hydrogen-bond donors (Lipinski definition) is 2. The van der Waals surface area contributed by atoms with E-state index in [1.165, 1.54) is 12.0 Å². The Morgan fingerprint density at radius 2 is 1.85 bits per heavy atom. The Balaban J connectivity index is 1.76. The lowest BCUT2D eigenvalue weighted by atomic mass is 10.0. The Hall–Kier alpha value is -0.860. The van der Waals surface area contributed by atoms with E-state index in [1.807, 2.05) is 0 Å². The summed E-state index contributed by atoms with van der Waals surface area (Å²) in [4.78, 5) is 0. The first-order valence-electron chi connectivity index (χ1n) is 7.86. The highest BCUT2D eigenvalue weighted by molar-refractivity contribution is 5.24. The van der Waals surface area contributed by atoms with Gasteiger partial charge in [0.1, 0.15) is 0 Å². The van der Waals surface area contributed by atoms with Crippen LogP contribution in [0.3, 0.4) is 0 Å². The summed E-state index contributed by atoms with van der Waals surface area (Å²) in [6.45, 7) is 10.7. The molecule has 0 radical (unpaired) electrons. The van der Waals surface area contributed by atoms with Crippen LogP contribution in [0.5, 0.6) is 0 Å². The molecule has 0 heterocycles. The molecule has 0 bridgehead atoms. The minimum Gasteiger partial charge on any atom is -0.387 e. The maximum Gasteiger partial charge on any atom is 0.0914 e. The molecule has 1 aromatic carbocycles. The molecule has 0 amide bonds. The third-order valence-corrected chi connectivity index (χ3v) is 4.45. The van der Waals surface area contributed by atoms with Gasteiger partial charge in [-0.1, -0.05) is 52.0 Å². The molecular weight excluding hydrogens is 246 g/mol. The van der Waals surface area contributed by atoms with E-state index in [9.17, 15) is 5.11 Å². The van der Waals surface area contributed by atoms with Crippen LogP contribution >= 0.6 is 0 Å². The van der Waals surface area contributed by atoms with Gasteiger partial charge in [-0.15, -0.1) is 0 Å². The highest BCUT2D eigenvalue weighted by Crippen LogP contribution is 2.50. The molecule has 112 valence electrons. The van der Waals surface area contributed by atoms with Crippen LogP contribution in [0.25, 0.3) is 0 Å². The maximum atomic E-state index is 10.2. The predicted octanol–water partition coefficient (Wildman–Crippen LogP) is 3.55. The van der Waals surface area contributed by atoms with Crippen molar-refractivity contribution in [2.24, 2.45) is 17.3 Å². The lowest BCUT2D eigenvalue weighted by Gasteiger charge is -2.14. The summed E-state index contributed by atoms with van der Waals surface area (Å²) in [5, 5.41) is 13.6. The molecule has 2 rings (SSSR count). The summed E-state index contributed by atoms with van der Waals surface area (Å²) in [6, 6.07) is 8.40. The Kier molecular flexibility index (Phi) is 4.87. The monoisotopic (exact) mass is 275 g/mol. The van der Waals surface area contributed by atoms with Gasteiger partial charge < -0.3 is 10.4 Å². The van der Waals surface area contributed by atoms with Crippen molar-refractivity contribution in [2.45, 2.75) is 46.6 Å². The molecule has 0 aromatic heterocycles. The molecule has 1 saturated carbocycles. The molecule has 1 fully saturated rings. The summed E-state index contributed by atoms with van der Waals surface area (Å²) < 4.78 is 0. The number of benzene rings is 1. The Labute approximate surface area is 123 Å². The number of nitrogens with one attached hydrogen (secondary N) is 1.